The van der Waals surface area contributed by atoms with Gasteiger partial charge in [0.2, 0.25) is 30.1 Å². The first kappa shape index (κ1) is 39.2. The van der Waals surface area contributed by atoms with Crippen molar-refractivity contribution >= 4 is 35.8 Å². The van der Waals surface area contributed by atoms with Crippen molar-refractivity contribution in [1.82, 2.24) is 12.9 Å². The maximum absolute atomic E-state index is 14.7. The smallest absolute Gasteiger partial charge is 0.269 e. The number of rotatable bonds is 9. The van der Waals surface area contributed by atoms with Gasteiger partial charge in [-0.3, -0.25) is 10.1 Å². The Hall–Kier alpha value is -4.03. The molecular weight excluding hydrogens is 729 g/mol. The van der Waals surface area contributed by atoms with Gasteiger partial charge < -0.3 is 4.74 Å². The first-order valence-electron chi connectivity index (χ1n) is 16.6. The van der Waals surface area contributed by atoms with Crippen LogP contribution in [0.5, 0.6) is 0 Å². The van der Waals surface area contributed by atoms with E-state index in [9.17, 15) is 35.4 Å². The summed E-state index contributed by atoms with van der Waals surface area (Å²) in [4.78, 5) is 10.9. The summed E-state index contributed by atoms with van der Waals surface area (Å²) in [5.74, 6) is 0. The Morgan fingerprint density at radius 3 is 1.48 bits per heavy atom. The predicted molar refractivity (Wildman–Crippen MR) is 196 cm³/mol. The van der Waals surface area contributed by atoms with Crippen LogP contribution in [-0.4, -0.2) is 95.1 Å². The second-order valence-electron chi connectivity index (χ2n) is 12.7. The van der Waals surface area contributed by atoms with E-state index in [1.807, 2.05) is 20.8 Å². The molecule has 1 aliphatic heterocycles. The van der Waals surface area contributed by atoms with Crippen LogP contribution in [0.4, 0.5) is 5.69 Å². The molecule has 16 heteroatoms. The van der Waals surface area contributed by atoms with Crippen LogP contribution in [0.25, 0.3) is 0 Å². The maximum Gasteiger partial charge on any atom is 0.269 e. The average Bonchev–Trinajstić information content (AvgIpc) is 3.10. The number of sulfonamides is 3. The molecule has 0 N–H and O–H groups in total. The Morgan fingerprint density at radius 2 is 1.02 bits per heavy atom. The molecular formula is C36H42N4O9S3. The third-order valence-electron chi connectivity index (χ3n) is 8.93. The van der Waals surface area contributed by atoms with Crippen molar-refractivity contribution in [3.63, 3.8) is 0 Å². The Labute approximate surface area is 305 Å². The molecule has 13 nitrogen and oxygen atoms in total. The topological polar surface area (TPSA) is 165 Å². The highest BCUT2D eigenvalue weighted by molar-refractivity contribution is 7.89. The van der Waals surface area contributed by atoms with Gasteiger partial charge in [0.05, 0.1) is 32.8 Å². The van der Waals surface area contributed by atoms with Crippen molar-refractivity contribution < 1.29 is 34.9 Å². The molecule has 278 valence electrons. The summed E-state index contributed by atoms with van der Waals surface area (Å²) in [6, 6.07) is 23.4. The van der Waals surface area contributed by atoms with Crippen molar-refractivity contribution in [2.45, 2.75) is 47.9 Å². The number of hydrogen-bond acceptors (Lipinski definition) is 9. The monoisotopic (exact) mass is 770 g/mol. The Bertz CT molecular complexity index is 2180. The summed E-state index contributed by atoms with van der Waals surface area (Å²) < 4.78 is 95.0. The molecule has 1 unspecified atom stereocenters. The van der Waals surface area contributed by atoms with Gasteiger partial charge in [-0.2, -0.15) is 12.9 Å². The molecule has 0 bridgehead atoms. The molecule has 1 heterocycles. The number of aryl methyl sites for hydroxylation is 3. The lowest BCUT2D eigenvalue weighted by molar-refractivity contribution is -0.384. The van der Waals surface area contributed by atoms with Gasteiger partial charge in [0, 0.05) is 50.9 Å². The number of non-ortho nitro benzene ring substituents is 1. The van der Waals surface area contributed by atoms with Crippen LogP contribution in [0.15, 0.2) is 112 Å². The lowest BCUT2D eigenvalue weighted by Crippen LogP contribution is -2.53. The molecule has 52 heavy (non-hydrogen) atoms. The molecule has 1 fully saturated rings. The zero-order valence-electron chi connectivity index (χ0n) is 29.2. The van der Waals surface area contributed by atoms with Gasteiger partial charge in [0.15, 0.2) is 0 Å². The van der Waals surface area contributed by atoms with E-state index in [0.717, 1.165) is 21.0 Å². The van der Waals surface area contributed by atoms with E-state index in [-0.39, 0.29) is 72.7 Å². The number of ether oxygens (including phenoxy) is 1. The standard InChI is InChI=1S/C36H42N4O9S3/c1-28-4-14-34(15-5-28)50(43,44)37-20-21-39(52(47,48)36-18-8-30(3)9-19-36)33(26-31-10-12-32(13-11-31)40(41)42)27-38(23-25-49-24-22-37)51(45,46)35-16-6-29(2)7-17-35/h4-19,33H,20-27H2,1-3H3. The van der Waals surface area contributed by atoms with Crippen molar-refractivity contribution in [3.05, 3.63) is 129 Å². The van der Waals surface area contributed by atoms with Crippen LogP contribution >= 0.6 is 0 Å². The van der Waals surface area contributed by atoms with Gasteiger partial charge in [-0.25, -0.2) is 25.3 Å². The zero-order valence-corrected chi connectivity index (χ0v) is 31.6. The number of hydrogen-bond donors (Lipinski definition) is 0. The van der Waals surface area contributed by atoms with Gasteiger partial charge in [-0.1, -0.05) is 65.2 Å². The summed E-state index contributed by atoms with van der Waals surface area (Å²) in [5, 5.41) is 11.4. The lowest BCUT2D eigenvalue weighted by Gasteiger charge is -2.36. The van der Waals surface area contributed by atoms with Crippen LogP contribution in [0, 0.1) is 30.9 Å². The first-order valence-corrected chi connectivity index (χ1v) is 20.9. The molecule has 0 spiro atoms. The minimum Gasteiger partial charge on any atom is -0.379 e. The van der Waals surface area contributed by atoms with E-state index in [2.05, 4.69) is 0 Å². The van der Waals surface area contributed by atoms with Crippen molar-refractivity contribution in [2.75, 3.05) is 45.9 Å². The van der Waals surface area contributed by atoms with E-state index >= 15 is 0 Å². The van der Waals surface area contributed by atoms with Crippen molar-refractivity contribution in [1.29, 1.82) is 0 Å². The maximum atomic E-state index is 14.7. The van der Waals surface area contributed by atoms with Gasteiger partial charge in [0.25, 0.3) is 5.69 Å². The van der Waals surface area contributed by atoms with Crippen LogP contribution in [0.3, 0.4) is 0 Å². The fraction of sp³-hybridized carbons (Fsp3) is 0.333. The molecule has 1 saturated heterocycles. The highest BCUT2D eigenvalue weighted by atomic mass is 32.2. The molecule has 1 aliphatic rings. The molecule has 0 saturated carbocycles. The highest BCUT2D eigenvalue weighted by Gasteiger charge is 2.37. The quantitative estimate of drug-likeness (QED) is 0.176. The van der Waals surface area contributed by atoms with Crippen LogP contribution < -0.4 is 0 Å². The normalized spacial score (nSPS) is 17.9. The van der Waals surface area contributed by atoms with E-state index in [1.165, 1.54) is 69.3 Å². The predicted octanol–water partition coefficient (Wildman–Crippen LogP) is 4.53. The Morgan fingerprint density at radius 1 is 0.596 bits per heavy atom. The summed E-state index contributed by atoms with van der Waals surface area (Å²) in [7, 11) is -12.7. The molecule has 5 rings (SSSR count). The number of nitro benzene ring substituents is 1. The number of nitro groups is 1. The van der Waals surface area contributed by atoms with Gasteiger partial charge in [0.1, 0.15) is 0 Å². The third-order valence-corrected chi connectivity index (χ3v) is 14.7. The molecule has 0 radical (unpaired) electrons. The van der Waals surface area contributed by atoms with Crippen LogP contribution in [-0.2, 0) is 41.2 Å². The SMILES string of the molecule is Cc1ccc(S(=O)(=O)N2CCOCCN(S(=O)(=O)c3ccc(C)cc3)CC(Cc3ccc([N+](=O)[O-])cc3)N(S(=O)(=O)c3ccc(C)cc3)CC2)cc1. The van der Waals surface area contributed by atoms with Gasteiger partial charge in [-0.05, 0) is 69.2 Å². The highest BCUT2D eigenvalue weighted by Crippen LogP contribution is 2.27. The average molecular weight is 771 g/mol. The summed E-state index contributed by atoms with van der Waals surface area (Å²) in [6.07, 6.45) is -0.0471. The van der Waals surface area contributed by atoms with Crippen LogP contribution in [0.2, 0.25) is 0 Å². The zero-order chi connectivity index (χ0) is 37.7. The van der Waals surface area contributed by atoms with E-state index < -0.39 is 41.0 Å². The minimum atomic E-state index is -4.39. The Kier molecular flexibility index (Phi) is 12.3. The minimum absolute atomic E-state index is 0.0163. The number of nitrogens with zero attached hydrogens (tertiary/aromatic N) is 4. The van der Waals surface area contributed by atoms with Gasteiger partial charge in [-0.15, -0.1) is 0 Å². The van der Waals surface area contributed by atoms with Crippen LogP contribution in [0.1, 0.15) is 22.3 Å². The molecule has 1 atom stereocenters. The van der Waals surface area contributed by atoms with Crippen molar-refractivity contribution in [3.8, 4) is 0 Å². The molecule has 4 aromatic rings. The fourth-order valence-corrected chi connectivity index (χ4v) is 10.4. The first-order chi connectivity index (χ1) is 24.6. The fourth-order valence-electron chi connectivity index (χ4n) is 5.89. The molecule has 0 aliphatic carbocycles. The van der Waals surface area contributed by atoms with E-state index in [1.54, 1.807) is 36.4 Å². The Balaban J connectivity index is 1.64. The summed E-state index contributed by atoms with van der Waals surface area (Å²) in [6.45, 7) is 4.10. The summed E-state index contributed by atoms with van der Waals surface area (Å²) in [5.41, 5.74) is 2.89. The van der Waals surface area contributed by atoms with E-state index in [0.29, 0.717) is 5.56 Å². The lowest BCUT2D eigenvalue weighted by atomic mass is 10.1. The van der Waals surface area contributed by atoms with E-state index in [4.69, 9.17) is 4.74 Å². The molecule has 0 amide bonds. The second-order valence-corrected chi connectivity index (χ2v) is 18.5. The third kappa shape index (κ3) is 9.12. The largest absolute Gasteiger partial charge is 0.379 e. The molecule has 4 aromatic carbocycles. The summed E-state index contributed by atoms with van der Waals surface area (Å²) >= 11 is 0. The number of benzene rings is 4. The second kappa shape index (κ2) is 16.3. The van der Waals surface area contributed by atoms with Crippen molar-refractivity contribution in [2.24, 2.45) is 0 Å². The molecule has 0 aromatic heterocycles. The van der Waals surface area contributed by atoms with Gasteiger partial charge >= 0.3 is 0 Å².